The number of piperazine rings is 1. The van der Waals surface area contributed by atoms with E-state index in [0.29, 0.717) is 48.6 Å². The van der Waals surface area contributed by atoms with E-state index in [0.717, 1.165) is 0 Å². The van der Waals surface area contributed by atoms with Gasteiger partial charge in [0.05, 0.1) is 10.9 Å². The lowest BCUT2D eigenvalue weighted by atomic mass is 10.2. The van der Waals surface area contributed by atoms with Crippen molar-refractivity contribution >= 4 is 22.8 Å². The van der Waals surface area contributed by atoms with E-state index >= 15 is 0 Å². The number of H-pyrrole nitrogens is 1. The van der Waals surface area contributed by atoms with Crippen LogP contribution in [0.3, 0.4) is 0 Å². The summed E-state index contributed by atoms with van der Waals surface area (Å²) in [5.41, 5.74) is 1.25. The molecule has 2 aromatic carbocycles. The highest BCUT2D eigenvalue weighted by Crippen LogP contribution is 2.15. The lowest BCUT2D eigenvalue weighted by molar-refractivity contribution is 0.0746. The molecule has 2 heterocycles. The summed E-state index contributed by atoms with van der Waals surface area (Å²) < 4.78 is 0. The van der Waals surface area contributed by atoms with Crippen LogP contribution in [0.5, 0.6) is 0 Å². The molecule has 1 aromatic heterocycles. The summed E-state index contributed by atoms with van der Waals surface area (Å²) in [6.45, 7) is 2.48. The summed E-state index contributed by atoms with van der Waals surface area (Å²) in [4.78, 5) is 36.0. The quantitative estimate of drug-likeness (QED) is 0.777. The number of carbonyl (C=O) groups is 1. The molecule has 6 heteroatoms. The van der Waals surface area contributed by atoms with E-state index < -0.39 is 0 Å². The third-order valence-corrected chi connectivity index (χ3v) is 4.49. The molecule has 0 spiro atoms. The first-order chi connectivity index (χ1) is 12.2. The Labute approximate surface area is 144 Å². The molecule has 0 saturated carbocycles. The molecule has 1 saturated heterocycles. The zero-order chi connectivity index (χ0) is 17.2. The minimum Gasteiger partial charge on any atom is -0.339 e. The van der Waals surface area contributed by atoms with Crippen molar-refractivity contribution in [2.45, 2.75) is 0 Å². The van der Waals surface area contributed by atoms with Crippen LogP contribution < -0.4 is 10.5 Å². The van der Waals surface area contributed by atoms with Crippen molar-refractivity contribution in [1.82, 2.24) is 14.9 Å². The van der Waals surface area contributed by atoms with Crippen LogP contribution in [0.25, 0.3) is 10.9 Å². The molecule has 0 bridgehead atoms. The number of aromatic nitrogens is 2. The van der Waals surface area contributed by atoms with Gasteiger partial charge in [0, 0.05) is 31.7 Å². The number of nitrogens with one attached hydrogen (secondary N) is 1. The first kappa shape index (κ1) is 15.4. The molecule has 0 radical (unpaired) electrons. The van der Waals surface area contributed by atoms with Crippen LogP contribution in [0.15, 0.2) is 59.4 Å². The maximum atomic E-state index is 12.5. The second kappa shape index (κ2) is 6.39. The maximum Gasteiger partial charge on any atom is 0.260 e. The largest absolute Gasteiger partial charge is 0.339 e. The summed E-state index contributed by atoms with van der Waals surface area (Å²) in [6, 6.07) is 16.6. The van der Waals surface area contributed by atoms with Gasteiger partial charge < -0.3 is 9.80 Å². The number of hydrogen-bond donors (Lipinski definition) is 1. The number of benzene rings is 2. The van der Waals surface area contributed by atoms with Gasteiger partial charge in [0.15, 0.2) is 0 Å². The highest BCUT2D eigenvalue weighted by atomic mass is 16.2. The molecule has 1 fully saturated rings. The second-order valence-corrected chi connectivity index (χ2v) is 6.05. The molecule has 6 nitrogen and oxygen atoms in total. The van der Waals surface area contributed by atoms with Crippen molar-refractivity contribution in [1.29, 1.82) is 0 Å². The summed E-state index contributed by atoms with van der Waals surface area (Å²) in [5, 5.41) is 0.587. The molecule has 0 unspecified atom stereocenters. The Hall–Kier alpha value is -3.15. The zero-order valence-electron chi connectivity index (χ0n) is 13.7. The first-order valence-corrected chi connectivity index (χ1v) is 8.31. The number of anilines is 1. The standard InChI is InChI=1S/C19H18N4O2/c24-17-15-8-4-5-9-16(15)20-19(21-17)23-12-10-22(11-13-23)18(25)14-6-2-1-3-7-14/h1-9H,10-13H2,(H,20,21,24). The van der Waals surface area contributed by atoms with E-state index in [4.69, 9.17) is 0 Å². The molecular formula is C19H18N4O2. The fourth-order valence-electron chi connectivity index (χ4n) is 3.11. The van der Waals surface area contributed by atoms with Crippen LogP contribution >= 0.6 is 0 Å². The predicted octanol–water partition coefficient (Wildman–Crippen LogP) is 1.89. The maximum absolute atomic E-state index is 12.5. The van der Waals surface area contributed by atoms with Crippen molar-refractivity contribution in [3.05, 3.63) is 70.5 Å². The number of amides is 1. The molecule has 0 atom stereocenters. The normalized spacial score (nSPS) is 14.7. The highest BCUT2D eigenvalue weighted by Gasteiger charge is 2.23. The van der Waals surface area contributed by atoms with Crippen LogP contribution in [0, 0.1) is 0 Å². The van der Waals surface area contributed by atoms with Crippen LogP contribution in [-0.4, -0.2) is 47.0 Å². The number of rotatable bonds is 2. The van der Waals surface area contributed by atoms with Gasteiger partial charge in [0.2, 0.25) is 5.95 Å². The number of para-hydroxylation sites is 1. The number of hydrogen-bond acceptors (Lipinski definition) is 4. The Kier molecular flexibility index (Phi) is 3.93. The minimum absolute atomic E-state index is 0.0419. The Morgan fingerprint density at radius 2 is 1.60 bits per heavy atom. The van der Waals surface area contributed by atoms with Gasteiger partial charge in [0.25, 0.3) is 11.5 Å². The lowest BCUT2D eigenvalue weighted by Crippen LogP contribution is -2.49. The van der Waals surface area contributed by atoms with Crippen LogP contribution in [0.4, 0.5) is 5.95 Å². The number of nitrogens with zero attached hydrogens (tertiary/aromatic N) is 3. The zero-order valence-corrected chi connectivity index (χ0v) is 13.7. The molecule has 1 amide bonds. The van der Waals surface area contributed by atoms with Crippen molar-refractivity contribution in [3.8, 4) is 0 Å². The van der Waals surface area contributed by atoms with E-state index in [1.807, 2.05) is 58.3 Å². The lowest BCUT2D eigenvalue weighted by Gasteiger charge is -2.35. The van der Waals surface area contributed by atoms with Gasteiger partial charge in [-0.2, -0.15) is 0 Å². The molecule has 25 heavy (non-hydrogen) atoms. The van der Waals surface area contributed by atoms with Gasteiger partial charge in [0.1, 0.15) is 0 Å². The van der Waals surface area contributed by atoms with Crippen molar-refractivity contribution in [3.63, 3.8) is 0 Å². The SMILES string of the molecule is O=C(c1ccccc1)N1CCN(c2nc3ccccc3c(=O)[nH]2)CC1. The number of carbonyl (C=O) groups excluding carboxylic acids is 1. The number of aromatic amines is 1. The van der Waals surface area contributed by atoms with Gasteiger partial charge in [-0.05, 0) is 24.3 Å². The van der Waals surface area contributed by atoms with E-state index in [2.05, 4.69) is 9.97 Å². The predicted molar refractivity (Wildman–Crippen MR) is 96.9 cm³/mol. The van der Waals surface area contributed by atoms with Crippen LogP contribution in [0.1, 0.15) is 10.4 Å². The first-order valence-electron chi connectivity index (χ1n) is 8.31. The molecular weight excluding hydrogens is 316 g/mol. The van der Waals surface area contributed by atoms with E-state index in [-0.39, 0.29) is 11.5 Å². The average Bonchev–Trinajstić information content (AvgIpc) is 2.68. The van der Waals surface area contributed by atoms with E-state index in [9.17, 15) is 9.59 Å². The molecule has 3 aromatic rings. The monoisotopic (exact) mass is 334 g/mol. The van der Waals surface area contributed by atoms with Gasteiger partial charge in [-0.3, -0.25) is 14.6 Å². The van der Waals surface area contributed by atoms with Crippen molar-refractivity contribution in [2.24, 2.45) is 0 Å². The molecule has 1 N–H and O–H groups in total. The minimum atomic E-state index is -0.136. The van der Waals surface area contributed by atoms with Gasteiger partial charge in [-0.15, -0.1) is 0 Å². The summed E-state index contributed by atoms with van der Waals surface area (Å²) in [5.74, 6) is 0.607. The smallest absolute Gasteiger partial charge is 0.260 e. The van der Waals surface area contributed by atoms with Crippen molar-refractivity contribution in [2.75, 3.05) is 31.1 Å². The van der Waals surface area contributed by atoms with Gasteiger partial charge >= 0.3 is 0 Å². The third kappa shape index (κ3) is 2.98. The number of fused-ring (bicyclic) bond motifs is 1. The van der Waals surface area contributed by atoms with Crippen LogP contribution in [-0.2, 0) is 0 Å². The summed E-state index contributed by atoms with van der Waals surface area (Å²) in [6.07, 6.45) is 0. The van der Waals surface area contributed by atoms with E-state index in [1.54, 1.807) is 6.07 Å². The summed E-state index contributed by atoms with van der Waals surface area (Å²) in [7, 11) is 0. The molecule has 126 valence electrons. The van der Waals surface area contributed by atoms with Crippen LogP contribution in [0.2, 0.25) is 0 Å². The molecule has 1 aliphatic rings. The second-order valence-electron chi connectivity index (χ2n) is 6.05. The Morgan fingerprint density at radius 3 is 2.36 bits per heavy atom. The molecule has 4 rings (SSSR count). The topological polar surface area (TPSA) is 69.3 Å². The Bertz CT molecular complexity index is 960. The third-order valence-electron chi connectivity index (χ3n) is 4.49. The van der Waals surface area contributed by atoms with Gasteiger partial charge in [-0.1, -0.05) is 30.3 Å². The molecule has 0 aliphatic carbocycles. The highest BCUT2D eigenvalue weighted by molar-refractivity contribution is 5.94. The Balaban J connectivity index is 1.51. The molecule has 1 aliphatic heterocycles. The summed E-state index contributed by atoms with van der Waals surface area (Å²) >= 11 is 0. The average molecular weight is 334 g/mol. The fourth-order valence-corrected chi connectivity index (χ4v) is 3.11. The fraction of sp³-hybridized carbons (Fsp3) is 0.211. The van der Waals surface area contributed by atoms with E-state index in [1.165, 1.54) is 0 Å². The van der Waals surface area contributed by atoms with Crippen molar-refractivity contribution < 1.29 is 4.79 Å². The van der Waals surface area contributed by atoms with Gasteiger partial charge in [-0.25, -0.2) is 4.98 Å². The Morgan fingerprint density at radius 1 is 0.920 bits per heavy atom.